The number of rotatable bonds is 6. The lowest BCUT2D eigenvalue weighted by Crippen LogP contribution is -2.47. The van der Waals surface area contributed by atoms with Gasteiger partial charge in [-0.3, -0.25) is 34.9 Å². The van der Waals surface area contributed by atoms with Gasteiger partial charge in [-0.25, -0.2) is 0 Å². The molecule has 4 amide bonds. The Balaban J connectivity index is 1.56. The number of hydrogen-bond acceptors (Lipinski definition) is 6. The Kier molecular flexibility index (Phi) is 6.39. The monoisotopic (exact) mass is 415 g/mol. The molecule has 160 valence electrons. The van der Waals surface area contributed by atoms with Crippen LogP contribution in [0.2, 0.25) is 0 Å². The third kappa shape index (κ3) is 4.45. The van der Waals surface area contributed by atoms with Gasteiger partial charge in [-0.1, -0.05) is 12.2 Å². The molecule has 0 radical (unpaired) electrons. The third-order valence-corrected chi connectivity index (χ3v) is 5.00. The fourth-order valence-electron chi connectivity index (χ4n) is 3.57. The number of carbonyl (C=O) groups is 4. The SMILES string of the molecule is COc1cc(C(=O)NNC(=O)CN2C(=O)C3CC=CCC3C2=O)ccc1OC(C)C. The van der Waals surface area contributed by atoms with E-state index >= 15 is 0 Å². The summed E-state index contributed by atoms with van der Waals surface area (Å²) in [4.78, 5) is 50.3. The Labute approximate surface area is 174 Å². The summed E-state index contributed by atoms with van der Waals surface area (Å²) in [5, 5.41) is 0. The van der Waals surface area contributed by atoms with Crippen LogP contribution >= 0.6 is 0 Å². The van der Waals surface area contributed by atoms with Gasteiger partial charge in [-0.05, 0) is 44.9 Å². The predicted molar refractivity (Wildman–Crippen MR) is 106 cm³/mol. The lowest BCUT2D eigenvalue weighted by Gasteiger charge is -2.16. The minimum atomic E-state index is -0.664. The van der Waals surface area contributed by atoms with Crippen molar-refractivity contribution in [3.63, 3.8) is 0 Å². The van der Waals surface area contributed by atoms with E-state index in [1.807, 2.05) is 26.0 Å². The van der Waals surface area contributed by atoms with Gasteiger partial charge in [0.2, 0.25) is 11.8 Å². The van der Waals surface area contributed by atoms with E-state index in [1.165, 1.54) is 19.2 Å². The Morgan fingerprint density at radius 1 is 1.07 bits per heavy atom. The molecule has 1 heterocycles. The number of carbonyl (C=O) groups excluding carboxylic acids is 4. The van der Waals surface area contributed by atoms with Crippen LogP contribution in [0, 0.1) is 11.8 Å². The number of hydrogen-bond donors (Lipinski definition) is 2. The number of fused-ring (bicyclic) bond motifs is 1. The normalized spacial score (nSPS) is 20.2. The smallest absolute Gasteiger partial charge is 0.269 e. The molecule has 1 aliphatic heterocycles. The number of nitrogens with zero attached hydrogens (tertiary/aromatic N) is 1. The highest BCUT2D eigenvalue weighted by Gasteiger charge is 2.47. The van der Waals surface area contributed by atoms with Crippen LogP contribution in [-0.2, 0) is 14.4 Å². The van der Waals surface area contributed by atoms with Crippen molar-refractivity contribution in [3.8, 4) is 11.5 Å². The molecule has 1 fully saturated rings. The summed E-state index contributed by atoms with van der Waals surface area (Å²) in [6, 6.07) is 4.63. The first-order valence-electron chi connectivity index (χ1n) is 9.76. The number of amides is 4. The average molecular weight is 415 g/mol. The molecule has 1 saturated heterocycles. The van der Waals surface area contributed by atoms with Gasteiger partial charge >= 0.3 is 0 Å². The van der Waals surface area contributed by atoms with E-state index in [0.717, 1.165) is 4.90 Å². The van der Waals surface area contributed by atoms with Crippen molar-refractivity contribution in [2.75, 3.05) is 13.7 Å². The van der Waals surface area contributed by atoms with E-state index in [0.29, 0.717) is 24.3 Å². The number of allylic oxidation sites excluding steroid dienone is 2. The number of benzene rings is 1. The Morgan fingerprint density at radius 2 is 1.70 bits per heavy atom. The molecule has 0 bridgehead atoms. The van der Waals surface area contributed by atoms with E-state index in [-0.39, 0.29) is 23.5 Å². The van der Waals surface area contributed by atoms with Crippen molar-refractivity contribution in [2.45, 2.75) is 32.8 Å². The van der Waals surface area contributed by atoms with Crippen LogP contribution in [0.5, 0.6) is 11.5 Å². The Hall–Kier alpha value is -3.36. The first-order valence-corrected chi connectivity index (χ1v) is 9.76. The van der Waals surface area contributed by atoms with E-state index in [9.17, 15) is 19.2 Å². The van der Waals surface area contributed by atoms with E-state index < -0.39 is 30.2 Å². The summed E-state index contributed by atoms with van der Waals surface area (Å²) in [5.41, 5.74) is 4.77. The maximum atomic E-state index is 12.4. The van der Waals surface area contributed by atoms with Crippen molar-refractivity contribution >= 4 is 23.6 Å². The largest absolute Gasteiger partial charge is 0.493 e. The second-order valence-electron chi connectivity index (χ2n) is 7.45. The molecule has 1 aliphatic carbocycles. The van der Waals surface area contributed by atoms with Crippen molar-refractivity contribution < 1.29 is 28.7 Å². The summed E-state index contributed by atoms with van der Waals surface area (Å²) < 4.78 is 10.8. The lowest BCUT2D eigenvalue weighted by molar-refractivity contribution is -0.143. The molecule has 9 nitrogen and oxygen atoms in total. The molecule has 2 unspecified atom stereocenters. The molecule has 3 rings (SSSR count). The molecule has 2 N–H and O–H groups in total. The predicted octanol–water partition coefficient (Wildman–Crippen LogP) is 1.19. The van der Waals surface area contributed by atoms with Gasteiger partial charge in [-0.15, -0.1) is 0 Å². The number of likely N-dealkylation sites (tertiary alicyclic amines) is 1. The highest BCUT2D eigenvalue weighted by Crippen LogP contribution is 2.34. The van der Waals surface area contributed by atoms with Crippen LogP contribution in [0.3, 0.4) is 0 Å². The zero-order valence-corrected chi connectivity index (χ0v) is 17.1. The minimum absolute atomic E-state index is 0.0616. The van der Waals surface area contributed by atoms with Crippen LogP contribution < -0.4 is 20.3 Å². The number of methoxy groups -OCH3 is 1. The first kappa shape index (κ1) is 21.4. The molecule has 2 aliphatic rings. The summed E-state index contributed by atoms with van der Waals surface area (Å²) in [6.45, 7) is 3.31. The van der Waals surface area contributed by atoms with Crippen molar-refractivity contribution in [1.29, 1.82) is 0 Å². The average Bonchev–Trinajstić information content (AvgIpc) is 2.97. The second kappa shape index (κ2) is 8.98. The maximum absolute atomic E-state index is 12.4. The summed E-state index contributed by atoms with van der Waals surface area (Å²) in [7, 11) is 1.46. The molecule has 1 aromatic carbocycles. The zero-order valence-electron chi connectivity index (χ0n) is 17.1. The van der Waals surface area contributed by atoms with Crippen LogP contribution in [0.15, 0.2) is 30.4 Å². The molecule has 0 saturated carbocycles. The van der Waals surface area contributed by atoms with Gasteiger partial charge in [-0.2, -0.15) is 0 Å². The van der Waals surface area contributed by atoms with Crippen LogP contribution in [-0.4, -0.2) is 48.3 Å². The quantitative estimate of drug-likeness (QED) is 0.410. The fourth-order valence-corrected chi connectivity index (χ4v) is 3.57. The molecule has 0 spiro atoms. The highest BCUT2D eigenvalue weighted by atomic mass is 16.5. The van der Waals surface area contributed by atoms with Gasteiger partial charge in [0.1, 0.15) is 6.54 Å². The standard InChI is InChI=1S/C21H25N3O6/c1-12(2)30-16-9-8-13(10-17(16)29-3)19(26)23-22-18(25)11-24-20(27)14-6-4-5-7-15(14)21(24)28/h4-5,8-10,12,14-15H,6-7,11H2,1-3H3,(H,22,25)(H,23,26). The van der Waals surface area contributed by atoms with Crippen LogP contribution in [0.25, 0.3) is 0 Å². The van der Waals surface area contributed by atoms with Gasteiger partial charge in [0.05, 0.1) is 25.0 Å². The first-order chi connectivity index (χ1) is 14.3. The number of imide groups is 1. The summed E-state index contributed by atoms with van der Waals surface area (Å²) in [6.07, 6.45) is 4.70. The zero-order chi connectivity index (χ0) is 21.8. The van der Waals surface area contributed by atoms with Gasteiger partial charge in [0.15, 0.2) is 11.5 Å². The third-order valence-electron chi connectivity index (χ3n) is 5.00. The molecule has 0 aromatic heterocycles. The van der Waals surface area contributed by atoms with Crippen LogP contribution in [0.1, 0.15) is 37.0 Å². The highest BCUT2D eigenvalue weighted by molar-refractivity contribution is 6.07. The van der Waals surface area contributed by atoms with Gasteiger partial charge in [0, 0.05) is 5.56 Å². The molecular formula is C21H25N3O6. The molecule has 9 heteroatoms. The van der Waals surface area contributed by atoms with E-state index in [4.69, 9.17) is 9.47 Å². The number of ether oxygens (including phenoxy) is 2. The molecular weight excluding hydrogens is 390 g/mol. The van der Waals surface area contributed by atoms with Crippen molar-refractivity contribution in [1.82, 2.24) is 15.8 Å². The van der Waals surface area contributed by atoms with E-state index in [1.54, 1.807) is 6.07 Å². The number of nitrogens with one attached hydrogen (secondary N) is 2. The second-order valence-corrected chi connectivity index (χ2v) is 7.45. The maximum Gasteiger partial charge on any atom is 0.269 e. The fraction of sp³-hybridized carbons (Fsp3) is 0.429. The van der Waals surface area contributed by atoms with E-state index in [2.05, 4.69) is 10.9 Å². The summed E-state index contributed by atoms with van der Waals surface area (Å²) >= 11 is 0. The molecule has 1 aromatic rings. The topological polar surface area (TPSA) is 114 Å². The molecule has 2 atom stereocenters. The molecule has 30 heavy (non-hydrogen) atoms. The summed E-state index contributed by atoms with van der Waals surface area (Å²) in [5.74, 6) is -1.85. The lowest BCUT2D eigenvalue weighted by atomic mass is 9.85. The Bertz CT molecular complexity index is 869. The van der Waals surface area contributed by atoms with Crippen molar-refractivity contribution in [2.24, 2.45) is 11.8 Å². The van der Waals surface area contributed by atoms with Gasteiger partial charge < -0.3 is 9.47 Å². The Morgan fingerprint density at radius 3 is 2.27 bits per heavy atom. The van der Waals surface area contributed by atoms with Crippen molar-refractivity contribution in [3.05, 3.63) is 35.9 Å². The van der Waals surface area contributed by atoms with Gasteiger partial charge in [0.25, 0.3) is 11.8 Å². The van der Waals surface area contributed by atoms with Crippen LogP contribution in [0.4, 0.5) is 0 Å². The number of hydrazine groups is 1. The minimum Gasteiger partial charge on any atom is -0.493 e.